The van der Waals surface area contributed by atoms with Crippen LogP contribution in [-0.4, -0.2) is 43.3 Å². The Morgan fingerprint density at radius 3 is 2.57 bits per heavy atom. The molecule has 0 amide bonds. The topological polar surface area (TPSA) is 35.5 Å². The molecule has 21 heavy (non-hydrogen) atoms. The van der Waals surface area contributed by atoms with Gasteiger partial charge in [-0.05, 0) is 38.9 Å². The Morgan fingerprint density at radius 2 is 1.95 bits per heavy atom. The number of hydrogen-bond donors (Lipinski definition) is 2. The standard InChI is InChI=1S/C17H27FN2O/c1-20(2)12-14(21)11-19-17(13-7-3-4-8-13)15-9-5-6-10-16(15)18/h5-6,9-10,13-14,17,19,21H,3-4,7-8,11-12H2,1-2H3. The Bertz CT molecular complexity index is 433. The molecule has 0 radical (unpaired) electrons. The molecule has 2 unspecified atom stereocenters. The molecule has 0 heterocycles. The van der Waals surface area contributed by atoms with Crippen molar-refractivity contribution in [2.75, 3.05) is 27.2 Å². The lowest BCUT2D eigenvalue weighted by atomic mass is 9.91. The van der Waals surface area contributed by atoms with Crippen molar-refractivity contribution >= 4 is 0 Å². The highest BCUT2D eigenvalue weighted by Crippen LogP contribution is 2.36. The van der Waals surface area contributed by atoms with Crippen molar-refractivity contribution in [3.8, 4) is 0 Å². The molecule has 1 saturated carbocycles. The molecular formula is C17H27FN2O. The summed E-state index contributed by atoms with van der Waals surface area (Å²) >= 11 is 0. The van der Waals surface area contributed by atoms with Crippen molar-refractivity contribution in [1.82, 2.24) is 10.2 Å². The van der Waals surface area contributed by atoms with E-state index in [1.54, 1.807) is 6.07 Å². The third-order valence-corrected chi connectivity index (χ3v) is 4.26. The zero-order chi connectivity index (χ0) is 15.2. The summed E-state index contributed by atoms with van der Waals surface area (Å²) in [6, 6.07) is 7.01. The van der Waals surface area contributed by atoms with Crippen LogP contribution in [0.3, 0.4) is 0 Å². The molecule has 1 aliphatic carbocycles. The van der Waals surface area contributed by atoms with Crippen molar-refractivity contribution in [3.05, 3.63) is 35.6 Å². The van der Waals surface area contributed by atoms with Gasteiger partial charge < -0.3 is 15.3 Å². The van der Waals surface area contributed by atoms with Crippen LogP contribution >= 0.6 is 0 Å². The largest absolute Gasteiger partial charge is 0.390 e. The summed E-state index contributed by atoms with van der Waals surface area (Å²) in [7, 11) is 3.88. The van der Waals surface area contributed by atoms with E-state index >= 15 is 0 Å². The molecular weight excluding hydrogens is 267 g/mol. The van der Waals surface area contributed by atoms with E-state index in [1.165, 1.54) is 18.9 Å². The Labute approximate surface area is 127 Å². The van der Waals surface area contributed by atoms with Crippen LogP contribution in [-0.2, 0) is 0 Å². The number of benzene rings is 1. The van der Waals surface area contributed by atoms with Crippen molar-refractivity contribution in [2.45, 2.75) is 37.8 Å². The van der Waals surface area contributed by atoms with Crippen molar-refractivity contribution < 1.29 is 9.50 Å². The van der Waals surface area contributed by atoms with Gasteiger partial charge in [-0.3, -0.25) is 0 Å². The number of halogens is 1. The van der Waals surface area contributed by atoms with Crippen LogP contribution < -0.4 is 5.32 Å². The van der Waals surface area contributed by atoms with Crippen LogP contribution in [0.1, 0.15) is 37.3 Å². The number of likely N-dealkylation sites (N-methyl/N-ethyl adjacent to an activating group) is 1. The average molecular weight is 294 g/mol. The number of hydrogen-bond acceptors (Lipinski definition) is 3. The van der Waals surface area contributed by atoms with Crippen LogP contribution in [0, 0.1) is 11.7 Å². The predicted octanol–water partition coefficient (Wildman–Crippen LogP) is 2.57. The van der Waals surface area contributed by atoms with E-state index in [1.807, 2.05) is 31.1 Å². The molecule has 1 aromatic carbocycles. The van der Waals surface area contributed by atoms with Crippen molar-refractivity contribution in [1.29, 1.82) is 0 Å². The third kappa shape index (κ3) is 4.77. The van der Waals surface area contributed by atoms with Gasteiger partial charge in [0.05, 0.1) is 6.10 Å². The maximum absolute atomic E-state index is 14.1. The second-order valence-corrected chi connectivity index (χ2v) is 6.37. The highest BCUT2D eigenvalue weighted by Gasteiger charge is 2.28. The molecule has 1 aliphatic rings. The van der Waals surface area contributed by atoms with Gasteiger partial charge in [0.15, 0.2) is 0 Å². The molecule has 118 valence electrons. The van der Waals surface area contributed by atoms with E-state index in [4.69, 9.17) is 0 Å². The first kappa shape index (κ1) is 16.4. The Morgan fingerprint density at radius 1 is 1.29 bits per heavy atom. The van der Waals surface area contributed by atoms with Crippen LogP contribution in [0.25, 0.3) is 0 Å². The SMILES string of the molecule is CN(C)CC(O)CNC(c1ccccc1F)C1CCCC1. The highest BCUT2D eigenvalue weighted by molar-refractivity contribution is 5.22. The maximum atomic E-state index is 14.1. The van der Waals surface area contributed by atoms with E-state index in [2.05, 4.69) is 5.32 Å². The minimum atomic E-state index is -0.435. The smallest absolute Gasteiger partial charge is 0.127 e. The van der Waals surface area contributed by atoms with Gasteiger partial charge in [-0.2, -0.15) is 0 Å². The first-order chi connectivity index (χ1) is 10.1. The van der Waals surface area contributed by atoms with Crippen molar-refractivity contribution in [2.24, 2.45) is 5.92 Å². The molecule has 0 bridgehead atoms. The minimum Gasteiger partial charge on any atom is -0.390 e. The quantitative estimate of drug-likeness (QED) is 0.811. The lowest BCUT2D eigenvalue weighted by Crippen LogP contribution is -2.38. The van der Waals surface area contributed by atoms with E-state index in [0.29, 0.717) is 19.0 Å². The van der Waals surface area contributed by atoms with Gasteiger partial charge >= 0.3 is 0 Å². The fourth-order valence-corrected chi connectivity index (χ4v) is 3.30. The number of rotatable bonds is 7. The predicted molar refractivity (Wildman–Crippen MR) is 83.7 cm³/mol. The van der Waals surface area contributed by atoms with Crippen LogP contribution in [0.2, 0.25) is 0 Å². The summed E-state index contributed by atoms with van der Waals surface area (Å²) in [5.74, 6) is 0.317. The normalized spacial score (nSPS) is 19.1. The highest BCUT2D eigenvalue weighted by atomic mass is 19.1. The zero-order valence-electron chi connectivity index (χ0n) is 13.1. The molecule has 4 heteroatoms. The van der Waals surface area contributed by atoms with Gasteiger partial charge in [0.25, 0.3) is 0 Å². The summed E-state index contributed by atoms with van der Waals surface area (Å²) in [5, 5.41) is 13.4. The molecule has 3 nitrogen and oxygen atoms in total. The second-order valence-electron chi connectivity index (χ2n) is 6.37. The maximum Gasteiger partial charge on any atom is 0.127 e. The van der Waals surface area contributed by atoms with Gasteiger partial charge in [0.1, 0.15) is 5.82 Å². The first-order valence-electron chi connectivity index (χ1n) is 7.88. The molecule has 2 N–H and O–H groups in total. The monoisotopic (exact) mass is 294 g/mol. The van der Waals surface area contributed by atoms with Gasteiger partial charge in [-0.25, -0.2) is 4.39 Å². The Hall–Kier alpha value is -0.970. The van der Waals surface area contributed by atoms with Gasteiger partial charge in [-0.1, -0.05) is 31.0 Å². The second kappa shape index (κ2) is 7.87. The lowest BCUT2D eigenvalue weighted by molar-refractivity contribution is 0.127. The molecule has 0 aliphatic heterocycles. The summed E-state index contributed by atoms with van der Waals surface area (Å²) in [6.45, 7) is 1.11. The zero-order valence-corrected chi connectivity index (χ0v) is 13.1. The number of aliphatic hydroxyl groups is 1. The molecule has 0 aromatic heterocycles. The van der Waals surface area contributed by atoms with Crippen molar-refractivity contribution in [3.63, 3.8) is 0 Å². The Balaban J connectivity index is 2.04. The van der Waals surface area contributed by atoms with Crippen LogP contribution in [0.4, 0.5) is 4.39 Å². The number of aliphatic hydroxyl groups excluding tert-OH is 1. The summed E-state index contributed by atoms with van der Waals surface area (Å²) in [4.78, 5) is 1.96. The Kier molecular flexibility index (Phi) is 6.15. The lowest BCUT2D eigenvalue weighted by Gasteiger charge is -2.27. The fourth-order valence-electron chi connectivity index (χ4n) is 3.30. The molecule has 1 aromatic rings. The summed E-state index contributed by atoms with van der Waals surface area (Å²) < 4.78 is 14.1. The van der Waals surface area contributed by atoms with Gasteiger partial charge in [-0.15, -0.1) is 0 Å². The number of nitrogens with zero attached hydrogens (tertiary/aromatic N) is 1. The molecule has 0 spiro atoms. The number of nitrogens with one attached hydrogen (secondary N) is 1. The van der Waals surface area contributed by atoms with Crippen LogP contribution in [0.15, 0.2) is 24.3 Å². The van der Waals surface area contributed by atoms with E-state index in [-0.39, 0.29) is 11.9 Å². The fraction of sp³-hybridized carbons (Fsp3) is 0.647. The summed E-state index contributed by atoms with van der Waals surface area (Å²) in [6.07, 6.45) is 4.27. The molecule has 2 rings (SSSR count). The van der Waals surface area contributed by atoms with Gasteiger partial charge in [0, 0.05) is 24.7 Å². The average Bonchev–Trinajstić information content (AvgIpc) is 2.94. The van der Waals surface area contributed by atoms with E-state index in [9.17, 15) is 9.50 Å². The van der Waals surface area contributed by atoms with Crippen LogP contribution in [0.5, 0.6) is 0 Å². The first-order valence-corrected chi connectivity index (χ1v) is 7.88. The minimum absolute atomic E-state index is 0.00510. The van der Waals surface area contributed by atoms with Gasteiger partial charge in [0.2, 0.25) is 0 Å². The van der Waals surface area contributed by atoms with E-state index < -0.39 is 6.10 Å². The molecule has 1 fully saturated rings. The third-order valence-electron chi connectivity index (χ3n) is 4.26. The molecule has 2 atom stereocenters. The van der Waals surface area contributed by atoms with E-state index in [0.717, 1.165) is 18.4 Å². The summed E-state index contributed by atoms with van der Waals surface area (Å²) in [5.41, 5.74) is 0.737. The molecule has 0 saturated heterocycles.